The first-order chi connectivity index (χ1) is 11.6. The first-order valence-corrected chi connectivity index (χ1v) is 8.52. The fraction of sp³-hybridized carbons (Fsp3) is 0. The quantitative estimate of drug-likeness (QED) is 0.248. The van der Waals surface area contributed by atoms with E-state index in [1.165, 1.54) is 11.3 Å². The smallest absolute Gasteiger partial charge is 0.180 e. The standard InChI is InChI=1S/C16H14N4O2S2/c17-15(19-21)10-3-1-9(2-4-10)11-5-6-12(23-11)13-7-8-14(24-13)16(18)20-22/h1-8,21-22H,(H2,17,19)(H2,18,20). The lowest BCUT2D eigenvalue weighted by Crippen LogP contribution is -2.12. The molecule has 0 amide bonds. The van der Waals surface area contributed by atoms with Gasteiger partial charge in [0.1, 0.15) is 0 Å². The Morgan fingerprint density at radius 2 is 1.29 bits per heavy atom. The second-order valence-electron chi connectivity index (χ2n) is 4.88. The van der Waals surface area contributed by atoms with Crippen molar-refractivity contribution >= 4 is 34.3 Å². The van der Waals surface area contributed by atoms with Crippen molar-refractivity contribution in [3.05, 3.63) is 59.0 Å². The molecule has 0 saturated carbocycles. The maximum absolute atomic E-state index is 8.74. The molecule has 24 heavy (non-hydrogen) atoms. The average Bonchev–Trinajstić information content (AvgIpc) is 3.29. The van der Waals surface area contributed by atoms with Crippen LogP contribution in [0, 0.1) is 0 Å². The Hall–Kier alpha value is -2.84. The van der Waals surface area contributed by atoms with Crippen LogP contribution in [0.15, 0.2) is 58.8 Å². The van der Waals surface area contributed by atoms with Gasteiger partial charge in [0, 0.05) is 20.2 Å². The summed E-state index contributed by atoms with van der Waals surface area (Å²) in [4.78, 5) is 3.99. The molecule has 0 unspecified atom stereocenters. The highest BCUT2D eigenvalue weighted by Crippen LogP contribution is 2.37. The van der Waals surface area contributed by atoms with Gasteiger partial charge in [0.2, 0.25) is 0 Å². The van der Waals surface area contributed by atoms with Crippen LogP contribution in [0.4, 0.5) is 0 Å². The summed E-state index contributed by atoms with van der Waals surface area (Å²) in [5, 5.41) is 23.4. The van der Waals surface area contributed by atoms with E-state index in [1.807, 2.05) is 48.5 Å². The van der Waals surface area contributed by atoms with Crippen molar-refractivity contribution in [2.24, 2.45) is 21.8 Å². The van der Waals surface area contributed by atoms with E-state index in [4.69, 9.17) is 21.9 Å². The molecule has 1 aromatic carbocycles. The van der Waals surface area contributed by atoms with Crippen LogP contribution in [0.5, 0.6) is 0 Å². The summed E-state index contributed by atoms with van der Waals surface area (Å²) < 4.78 is 0. The van der Waals surface area contributed by atoms with Crippen LogP contribution >= 0.6 is 22.7 Å². The van der Waals surface area contributed by atoms with E-state index in [2.05, 4.69) is 10.3 Å². The Balaban J connectivity index is 1.86. The molecule has 0 aliphatic heterocycles. The largest absolute Gasteiger partial charge is 0.409 e. The number of nitrogens with zero attached hydrogens (tertiary/aromatic N) is 2. The second kappa shape index (κ2) is 6.73. The molecule has 0 radical (unpaired) electrons. The van der Waals surface area contributed by atoms with Gasteiger partial charge in [-0.3, -0.25) is 0 Å². The third kappa shape index (κ3) is 3.10. The zero-order valence-electron chi connectivity index (χ0n) is 12.4. The summed E-state index contributed by atoms with van der Waals surface area (Å²) in [7, 11) is 0. The third-order valence-electron chi connectivity index (χ3n) is 3.39. The molecule has 6 nitrogen and oxygen atoms in total. The predicted octanol–water partition coefficient (Wildman–Crippen LogP) is 3.33. The first kappa shape index (κ1) is 16.0. The van der Waals surface area contributed by atoms with Crippen LogP contribution in [0.3, 0.4) is 0 Å². The van der Waals surface area contributed by atoms with Crippen molar-refractivity contribution < 1.29 is 10.4 Å². The van der Waals surface area contributed by atoms with Crippen molar-refractivity contribution in [1.82, 2.24) is 0 Å². The summed E-state index contributed by atoms with van der Waals surface area (Å²) >= 11 is 3.12. The number of benzene rings is 1. The fourth-order valence-electron chi connectivity index (χ4n) is 2.15. The molecule has 0 spiro atoms. The molecule has 0 aliphatic rings. The summed E-state index contributed by atoms with van der Waals surface area (Å²) in [5.41, 5.74) is 12.9. The Kier molecular flexibility index (Phi) is 4.50. The molecule has 3 rings (SSSR count). The Morgan fingerprint density at radius 3 is 1.96 bits per heavy atom. The number of hydrogen-bond acceptors (Lipinski definition) is 6. The van der Waals surface area contributed by atoms with E-state index in [9.17, 15) is 0 Å². The van der Waals surface area contributed by atoms with Crippen LogP contribution in [-0.4, -0.2) is 22.1 Å². The third-order valence-corrected chi connectivity index (χ3v) is 5.83. The minimum absolute atomic E-state index is 0.0858. The van der Waals surface area contributed by atoms with E-state index < -0.39 is 0 Å². The number of nitrogens with two attached hydrogens (primary N) is 2. The molecule has 6 N–H and O–H groups in total. The van der Waals surface area contributed by atoms with Gasteiger partial charge in [0.15, 0.2) is 11.7 Å². The number of thiophene rings is 2. The van der Waals surface area contributed by atoms with E-state index in [1.54, 1.807) is 11.3 Å². The zero-order chi connectivity index (χ0) is 17.1. The lowest BCUT2D eigenvalue weighted by Gasteiger charge is -2.01. The molecule has 0 saturated heterocycles. The van der Waals surface area contributed by atoms with Gasteiger partial charge in [-0.05, 0) is 29.8 Å². The van der Waals surface area contributed by atoms with Gasteiger partial charge in [-0.1, -0.05) is 34.6 Å². The van der Waals surface area contributed by atoms with Gasteiger partial charge in [0.05, 0.1) is 4.88 Å². The monoisotopic (exact) mass is 358 g/mol. The van der Waals surface area contributed by atoms with E-state index in [-0.39, 0.29) is 11.7 Å². The van der Waals surface area contributed by atoms with Crippen LogP contribution in [0.2, 0.25) is 0 Å². The molecule has 3 aromatic rings. The summed E-state index contributed by atoms with van der Waals surface area (Å²) in [6.07, 6.45) is 0. The van der Waals surface area contributed by atoms with E-state index >= 15 is 0 Å². The maximum atomic E-state index is 8.74. The van der Waals surface area contributed by atoms with E-state index in [0.29, 0.717) is 5.56 Å². The normalized spacial score (nSPS) is 12.5. The number of amidine groups is 2. The minimum atomic E-state index is 0.0858. The Morgan fingerprint density at radius 1 is 0.708 bits per heavy atom. The first-order valence-electron chi connectivity index (χ1n) is 6.88. The zero-order valence-corrected chi connectivity index (χ0v) is 14.0. The van der Waals surface area contributed by atoms with Gasteiger partial charge in [-0.2, -0.15) is 0 Å². The molecule has 122 valence electrons. The Bertz CT molecular complexity index is 910. The maximum Gasteiger partial charge on any atom is 0.180 e. The molecule has 0 aliphatic carbocycles. The number of hydrogen-bond donors (Lipinski definition) is 4. The summed E-state index contributed by atoms with van der Waals surface area (Å²) in [6.45, 7) is 0. The minimum Gasteiger partial charge on any atom is -0.409 e. The molecule has 0 bridgehead atoms. The molecular formula is C16H14N4O2S2. The van der Waals surface area contributed by atoms with Gasteiger partial charge >= 0.3 is 0 Å². The van der Waals surface area contributed by atoms with Crippen molar-refractivity contribution in [2.45, 2.75) is 0 Å². The Labute approximate surface area is 146 Å². The van der Waals surface area contributed by atoms with Gasteiger partial charge in [-0.25, -0.2) is 0 Å². The van der Waals surface area contributed by atoms with E-state index in [0.717, 1.165) is 25.1 Å². The van der Waals surface area contributed by atoms with Gasteiger partial charge in [-0.15, -0.1) is 22.7 Å². The highest BCUT2D eigenvalue weighted by molar-refractivity contribution is 7.24. The van der Waals surface area contributed by atoms with Crippen LogP contribution in [0.1, 0.15) is 10.4 Å². The SMILES string of the molecule is N/C(=N\O)c1ccc(-c2ccc(-c3ccc(/C(N)=N\O)s3)s2)cc1. The number of oxime groups is 2. The summed E-state index contributed by atoms with van der Waals surface area (Å²) in [5.74, 6) is 0.199. The highest BCUT2D eigenvalue weighted by atomic mass is 32.1. The average molecular weight is 358 g/mol. The second-order valence-corrected chi connectivity index (χ2v) is 7.04. The predicted molar refractivity (Wildman–Crippen MR) is 98.1 cm³/mol. The number of rotatable bonds is 4. The van der Waals surface area contributed by atoms with Crippen molar-refractivity contribution in [3.8, 4) is 20.2 Å². The van der Waals surface area contributed by atoms with Crippen molar-refractivity contribution in [3.63, 3.8) is 0 Å². The molecule has 2 heterocycles. The lowest BCUT2D eigenvalue weighted by molar-refractivity contribution is 0.318. The van der Waals surface area contributed by atoms with Crippen LogP contribution < -0.4 is 11.5 Å². The van der Waals surface area contributed by atoms with Crippen molar-refractivity contribution in [1.29, 1.82) is 0 Å². The van der Waals surface area contributed by atoms with Gasteiger partial charge in [0.25, 0.3) is 0 Å². The van der Waals surface area contributed by atoms with Gasteiger partial charge < -0.3 is 21.9 Å². The molecule has 0 atom stereocenters. The lowest BCUT2D eigenvalue weighted by atomic mass is 10.1. The van der Waals surface area contributed by atoms with Crippen LogP contribution in [0.25, 0.3) is 20.2 Å². The molecule has 2 aromatic heterocycles. The van der Waals surface area contributed by atoms with Crippen LogP contribution in [-0.2, 0) is 0 Å². The fourth-order valence-corrected chi connectivity index (χ4v) is 4.15. The molecule has 0 fully saturated rings. The molecular weight excluding hydrogens is 344 g/mol. The summed E-state index contributed by atoms with van der Waals surface area (Å²) in [6, 6.07) is 15.4. The van der Waals surface area contributed by atoms with Crippen molar-refractivity contribution in [2.75, 3.05) is 0 Å². The topological polar surface area (TPSA) is 117 Å². The molecule has 8 heteroatoms. The highest BCUT2D eigenvalue weighted by Gasteiger charge is 2.10.